The Kier molecular flexibility index (Phi) is 4.70. The summed E-state index contributed by atoms with van der Waals surface area (Å²) in [5, 5.41) is 0. The van der Waals surface area contributed by atoms with E-state index in [9.17, 15) is 0 Å². The Morgan fingerprint density at radius 1 is 1.11 bits per heavy atom. The molecule has 0 amide bonds. The number of alkyl halides is 1. The molecule has 102 valence electrons. The van der Waals surface area contributed by atoms with Crippen LogP contribution in [0.15, 0.2) is 40.8 Å². The van der Waals surface area contributed by atoms with E-state index in [1.165, 1.54) is 0 Å². The molecule has 2 nitrogen and oxygen atoms in total. The Morgan fingerprint density at radius 2 is 1.79 bits per heavy atom. The van der Waals surface area contributed by atoms with Gasteiger partial charge >= 0.3 is 0 Å². The fourth-order valence-corrected chi connectivity index (χ4v) is 2.42. The maximum Gasteiger partial charge on any atom is 0.122 e. The fourth-order valence-electron chi connectivity index (χ4n) is 1.87. The van der Waals surface area contributed by atoms with Crippen molar-refractivity contribution >= 4 is 15.9 Å². The van der Waals surface area contributed by atoms with Crippen LogP contribution in [0.4, 0.5) is 0 Å². The third-order valence-electron chi connectivity index (χ3n) is 2.83. The Morgan fingerprint density at radius 3 is 2.32 bits per heavy atom. The summed E-state index contributed by atoms with van der Waals surface area (Å²) >= 11 is 3.68. The zero-order valence-corrected chi connectivity index (χ0v) is 13.1. The molecule has 0 bridgehead atoms. The second kappa shape index (κ2) is 6.29. The molecule has 0 N–H and O–H groups in total. The molecule has 0 fully saturated rings. The Bertz CT molecular complexity index is 514. The second-order valence-electron chi connectivity index (χ2n) is 4.76. The van der Waals surface area contributed by atoms with Gasteiger partial charge in [-0.05, 0) is 43.7 Å². The highest BCUT2D eigenvalue weighted by molar-refractivity contribution is 9.09. The third-order valence-corrected chi connectivity index (χ3v) is 3.81. The molecule has 2 rings (SSSR count). The van der Waals surface area contributed by atoms with Crippen molar-refractivity contribution in [3.05, 3.63) is 53.5 Å². The molecule has 1 aromatic carbocycles. The molecular formula is C16H19BrO2. The van der Waals surface area contributed by atoms with E-state index in [0.29, 0.717) is 0 Å². The zero-order chi connectivity index (χ0) is 13.8. The zero-order valence-electron chi connectivity index (χ0n) is 11.5. The van der Waals surface area contributed by atoms with E-state index < -0.39 is 0 Å². The Labute approximate surface area is 122 Å². The normalized spacial score (nSPS) is 12.7. The van der Waals surface area contributed by atoms with Crippen molar-refractivity contribution < 1.29 is 9.15 Å². The van der Waals surface area contributed by atoms with E-state index >= 15 is 0 Å². The SMILES string of the molecule is CCc1ccc(C(Br)c2ccc(OC(C)C)cc2)o1. The van der Waals surface area contributed by atoms with Gasteiger partial charge in [-0.1, -0.05) is 35.0 Å². The molecule has 1 unspecified atom stereocenters. The summed E-state index contributed by atoms with van der Waals surface area (Å²) in [6.07, 6.45) is 1.11. The van der Waals surface area contributed by atoms with Gasteiger partial charge in [0.1, 0.15) is 17.3 Å². The average Bonchev–Trinajstić information content (AvgIpc) is 2.87. The average molecular weight is 323 g/mol. The van der Waals surface area contributed by atoms with Crippen LogP contribution in [0.2, 0.25) is 0 Å². The molecule has 19 heavy (non-hydrogen) atoms. The highest BCUT2D eigenvalue weighted by atomic mass is 79.9. The lowest BCUT2D eigenvalue weighted by atomic mass is 10.1. The lowest BCUT2D eigenvalue weighted by Gasteiger charge is -2.11. The van der Waals surface area contributed by atoms with Gasteiger partial charge in [-0.25, -0.2) is 0 Å². The molecular weight excluding hydrogens is 304 g/mol. The number of rotatable bonds is 5. The highest BCUT2D eigenvalue weighted by Gasteiger charge is 2.14. The van der Waals surface area contributed by atoms with Gasteiger partial charge in [-0.15, -0.1) is 0 Å². The smallest absolute Gasteiger partial charge is 0.122 e. The van der Waals surface area contributed by atoms with Crippen LogP contribution in [0.3, 0.4) is 0 Å². The van der Waals surface area contributed by atoms with Gasteiger partial charge in [0.2, 0.25) is 0 Å². The van der Waals surface area contributed by atoms with Crippen molar-refractivity contribution in [3.63, 3.8) is 0 Å². The van der Waals surface area contributed by atoms with E-state index in [1.807, 2.05) is 38.1 Å². The van der Waals surface area contributed by atoms with Gasteiger partial charge in [0.05, 0.1) is 10.9 Å². The summed E-state index contributed by atoms with van der Waals surface area (Å²) in [6.45, 7) is 6.14. The van der Waals surface area contributed by atoms with Crippen molar-refractivity contribution in [2.75, 3.05) is 0 Å². The van der Waals surface area contributed by atoms with E-state index in [2.05, 4.69) is 35.0 Å². The number of furan rings is 1. The number of halogens is 1. The van der Waals surface area contributed by atoms with Crippen LogP contribution in [-0.2, 0) is 6.42 Å². The van der Waals surface area contributed by atoms with Crippen LogP contribution >= 0.6 is 15.9 Å². The Balaban J connectivity index is 2.12. The molecule has 1 atom stereocenters. The maximum absolute atomic E-state index is 5.77. The van der Waals surface area contributed by atoms with Gasteiger partial charge < -0.3 is 9.15 Å². The standard InChI is InChI=1S/C16H19BrO2/c1-4-13-9-10-15(19-13)16(17)12-5-7-14(8-6-12)18-11(2)3/h5-11,16H,4H2,1-3H3. The summed E-state index contributed by atoms with van der Waals surface area (Å²) in [4.78, 5) is 0.0842. The van der Waals surface area contributed by atoms with Gasteiger partial charge in [0.25, 0.3) is 0 Å². The molecule has 0 spiro atoms. The molecule has 0 radical (unpaired) electrons. The minimum Gasteiger partial charge on any atom is -0.491 e. The van der Waals surface area contributed by atoms with Crippen molar-refractivity contribution in [1.82, 2.24) is 0 Å². The van der Waals surface area contributed by atoms with Gasteiger partial charge in [-0.3, -0.25) is 0 Å². The quantitative estimate of drug-likeness (QED) is 0.713. The van der Waals surface area contributed by atoms with Crippen LogP contribution in [0.1, 0.15) is 42.7 Å². The first-order valence-electron chi connectivity index (χ1n) is 6.59. The molecule has 3 heteroatoms. The van der Waals surface area contributed by atoms with Crippen LogP contribution in [-0.4, -0.2) is 6.10 Å². The van der Waals surface area contributed by atoms with Gasteiger partial charge in [0.15, 0.2) is 0 Å². The predicted octanol–water partition coefficient (Wildman–Crippen LogP) is 5.11. The highest BCUT2D eigenvalue weighted by Crippen LogP contribution is 2.33. The molecule has 1 aromatic heterocycles. The minimum absolute atomic E-state index is 0.0842. The first-order chi connectivity index (χ1) is 9.10. The molecule has 2 aromatic rings. The van der Waals surface area contributed by atoms with Crippen LogP contribution < -0.4 is 4.74 Å². The molecule has 0 saturated heterocycles. The topological polar surface area (TPSA) is 22.4 Å². The van der Waals surface area contributed by atoms with Crippen LogP contribution in [0.25, 0.3) is 0 Å². The molecule has 0 saturated carbocycles. The predicted molar refractivity (Wildman–Crippen MR) is 81.1 cm³/mol. The van der Waals surface area contributed by atoms with Gasteiger partial charge in [-0.2, -0.15) is 0 Å². The van der Waals surface area contributed by atoms with Crippen molar-refractivity contribution in [1.29, 1.82) is 0 Å². The monoisotopic (exact) mass is 322 g/mol. The summed E-state index contributed by atoms with van der Waals surface area (Å²) < 4.78 is 11.4. The number of benzene rings is 1. The minimum atomic E-state index is 0.0842. The van der Waals surface area contributed by atoms with E-state index in [0.717, 1.165) is 29.3 Å². The largest absolute Gasteiger partial charge is 0.491 e. The first-order valence-corrected chi connectivity index (χ1v) is 7.51. The number of aryl methyl sites for hydroxylation is 1. The lowest BCUT2D eigenvalue weighted by molar-refractivity contribution is 0.242. The fraction of sp³-hybridized carbons (Fsp3) is 0.375. The summed E-state index contributed by atoms with van der Waals surface area (Å²) in [5.41, 5.74) is 1.16. The summed E-state index contributed by atoms with van der Waals surface area (Å²) in [5.74, 6) is 2.85. The van der Waals surface area contributed by atoms with Crippen molar-refractivity contribution in [3.8, 4) is 5.75 Å². The number of ether oxygens (including phenoxy) is 1. The van der Waals surface area contributed by atoms with Crippen LogP contribution in [0.5, 0.6) is 5.75 Å². The van der Waals surface area contributed by atoms with Crippen molar-refractivity contribution in [2.45, 2.75) is 38.1 Å². The molecule has 1 heterocycles. The van der Waals surface area contributed by atoms with Crippen molar-refractivity contribution in [2.24, 2.45) is 0 Å². The summed E-state index contributed by atoms with van der Waals surface area (Å²) in [6, 6.07) is 12.2. The molecule has 0 aliphatic carbocycles. The second-order valence-corrected chi connectivity index (χ2v) is 5.67. The van der Waals surface area contributed by atoms with Gasteiger partial charge in [0, 0.05) is 6.42 Å². The maximum atomic E-state index is 5.77. The van der Waals surface area contributed by atoms with Crippen LogP contribution in [0, 0.1) is 0 Å². The lowest BCUT2D eigenvalue weighted by Crippen LogP contribution is -2.05. The Hall–Kier alpha value is -1.22. The first kappa shape index (κ1) is 14.2. The number of hydrogen-bond donors (Lipinski definition) is 0. The van der Waals surface area contributed by atoms with E-state index in [4.69, 9.17) is 9.15 Å². The summed E-state index contributed by atoms with van der Waals surface area (Å²) in [7, 11) is 0. The molecule has 0 aliphatic heterocycles. The molecule has 0 aliphatic rings. The van der Waals surface area contributed by atoms with E-state index in [1.54, 1.807) is 0 Å². The number of hydrogen-bond acceptors (Lipinski definition) is 2. The van der Waals surface area contributed by atoms with E-state index in [-0.39, 0.29) is 10.9 Å². The third kappa shape index (κ3) is 3.63.